The Morgan fingerprint density at radius 2 is 2.17 bits per heavy atom. The maximum atomic E-state index is 13.2. The molecule has 1 fully saturated rings. The van der Waals surface area contributed by atoms with Gasteiger partial charge in [-0.05, 0) is 55.4 Å². The highest BCUT2D eigenvalue weighted by Crippen LogP contribution is 2.48. The number of carbonyl (C=O) groups is 1. The highest BCUT2D eigenvalue weighted by molar-refractivity contribution is 6.17. The van der Waals surface area contributed by atoms with Crippen LogP contribution in [0.15, 0.2) is 18.2 Å². The lowest BCUT2D eigenvalue weighted by Gasteiger charge is -2.14. The van der Waals surface area contributed by atoms with E-state index >= 15 is 0 Å². The summed E-state index contributed by atoms with van der Waals surface area (Å²) in [7, 11) is 0. The van der Waals surface area contributed by atoms with Crippen LogP contribution in [0.2, 0.25) is 0 Å². The van der Waals surface area contributed by atoms with Crippen molar-refractivity contribution in [3.63, 3.8) is 0 Å². The van der Waals surface area contributed by atoms with Crippen molar-refractivity contribution in [1.29, 1.82) is 0 Å². The zero-order valence-corrected chi connectivity index (χ0v) is 11.2. The molecule has 1 saturated carbocycles. The van der Waals surface area contributed by atoms with Crippen LogP contribution < -0.4 is 5.32 Å². The normalized spacial score (nSPS) is 16.4. The van der Waals surface area contributed by atoms with Gasteiger partial charge in [-0.25, -0.2) is 4.39 Å². The zero-order valence-electron chi connectivity index (χ0n) is 10.4. The molecule has 1 aliphatic rings. The Hall–Kier alpha value is -1.09. The Morgan fingerprint density at radius 1 is 1.44 bits per heavy atom. The van der Waals surface area contributed by atoms with Gasteiger partial charge in [0.15, 0.2) is 0 Å². The fraction of sp³-hybridized carbons (Fsp3) is 0.500. The lowest BCUT2D eigenvalue weighted by atomic mass is 10.0. The smallest absolute Gasteiger partial charge is 0.251 e. The molecular weight excluding hydrogens is 253 g/mol. The van der Waals surface area contributed by atoms with E-state index in [1.165, 1.54) is 12.1 Å². The third kappa shape index (κ3) is 3.22. The van der Waals surface area contributed by atoms with Crippen molar-refractivity contribution in [2.24, 2.45) is 5.41 Å². The summed E-state index contributed by atoms with van der Waals surface area (Å²) in [4.78, 5) is 11.9. The summed E-state index contributed by atoms with van der Waals surface area (Å²) in [5.74, 6) is 0.0371. The van der Waals surface area contributed by atoms with Gasteiger partial charge in [0.25, 0.3) is 5.91 Å². The second-order valence-electron chi connectivity index (χ2n) is 5.14. The molecule has 1 N–H and O–H groups in total. The van der Waals surface area contributed by atoms with Crippen molar-refractivity contribution in [3.8, 4) is 0 Å². The molecule has 18 heavy (non-hydrogen) atoms. The summed E-state index contributed by atoms with van der Waals surface area (Å²) in [5.41, 5.74) is 1.33. The lowest BCUT2D eigenvalue weighted by Crippen LogP contribution is -2.30. The van der Waals surface area contributed by atoms with Crippen molar-refractivity contribution in [3.05, 3.63) is 35.1 Å². The Labute approximate surface area is 112 Å². The average Bonchev–Trinajstić information content (AvgIpc) is 3.06. The summed E-state index contributed by atoms with van der Waals surface area (Å²) >= 11 is 5.74. The minimum absolute atomic E-state index is 0.194. The summed E-state index contributed by atoms with van der Waals surface area (Å²) in [6, 6.07) is 4.37. The van der Waals surface area contributed by atoms with Gasteiger partial charge < -0.3 is 5.32 Å². The van der Waals surface area contributed by atoms with Crippen molar-refractivity contribution in [1.82, 2.24) is 5.32 Å². The van der Waals surface area contributed by atoms with Crippen LogP contribution in [0.25, 0.3) is 0 Å². The molecule has 0 aliphatic heterocycles. The van der Waals surface area contributed by atoms with E-state index in [2.05, 4.69) is 5.32 Å². The van der Waals surface area contributed by atoms with Crippen LogP contribution in [0.4, 0.5) is 4.39 Å². The molecule has 98 valence electrons. The summed E-state index contributed by atoms with van der Waals surface area (Å²) in [5, 5.41) is 2.88. The lowest BCUT2D eigenvalue weighted by molar-refractivity contribution is 0.0944. The van der Waals surface area contributed by atoms with Crippen LogP contribution in [0, 0.1) is 18.2 Å². The van der Waals surface area contributed by atoms with Gasteiger partial charge >= 0.3 is 0 Å². The number of hydrogen-bond donors (Lipinski definition) is 1. The number of alkyl halides is 1. The van der Waals surface area contributed by atoms with E-state index in [9.17, 15) is 9.18 Å². The van der Waals surface area contributed by atoms with Gasteiger partial charge in [-0.1, -0.05) is 0 Å². The molecule has 1 aromatic rings. The van der Waals surface area contributed by atoms with Gasteiger partial charge in [-0.3, -0.25) is 4.79 Å². The molecule has 0 aromatic heterocycles. The molecule has 2 nitrogen and oxygen atoms in total. The first-order valence-electron chi connectivity index (χ1n) is 6.16. The van der Waals surface area contributed by atoms with E-state index in [1.54, 1.807) is 13.0 Å². The first kappa shape index (κ1) is 13.3. The third-order valence-electron chi connectivity index (χ3n) is 3.51. The standard InChI is InChI=1S/C14H17ClFNO/c1-10-6-11(8-12(16)7-10)13(18)17-9-14(2-3-14)4-5-15/h6-8H,2-5,9H2,1H3,(H,17,18). The van der Waals surface area contributed by atoms with Crippen LogP contribution >= 0.6 is 11.6 Å². The van der Waals surface area contributed by atoms with Crippen LogP contribution in [-0.4, -0.2) is 18.3 Å². The minimum atomic E-state index is -0.373. The number of carbonyl (C=O) groups excluding carboxylic acids is 1. The van der Waals surface area contributed by atoms with Crippen LogP contribution in [-0.2, 0) is 0 Å². The number of halogens is 2. The van der Waals surface area contributed by atoms with Crippen LogP contribution in [0.1, 0.15) is 35.2 Å². The van der Waals surface area contributed by atoms with Crippen molar-refractivity contribution < 1.29 is 9.18 Å². The van der Waals surface area contributed by atoms with Crippen molar-refractivity contribution in [2.45, 2.75) is 26.2 Å². The Bertz CT molecular complexity index is 437. The predicted octanol–water partition coefficient (Wildman–Crippen LogP) is 3.27. The van der Waals surface area contributed by atoms with Gasteiger partial charge in [0.1, 0.15) is 5.82 Å². The molecule has 2 rings (SSSR count). The second kappa shape index (κ2) is 5.27. The topological polar surface area (TPSA) is 29.1 Å². The van der Waals surface area contributed by atoms with E-state index in [0.29, 0.717) is 18.0 Å². The van der Waals surface area contributed by atoms with Gasteiger partial charge in [0.2, 0.25) is 0 Å². The quantitative estimate of drug-likeness (QED) is 0.817. The fourth-order valence-corrected chi connectivity index (χ4v) is 2.53. The Morgan fingerprint density at radius 3 is 2.72 bits per heavy atom. The molecule has 4 heteroatoms. The molecule has 0 unspecified atom stereocenters. The maximum absolute atomic E-state index is 13.2. The van der Waals surface area contributed by atoms with Crippen molar-refractivity contribution in [2.75, 3.05) is 12.4 Å². The monoisotopic (exact) mass is 269 g/mol. The summed E-state index contributed by atoms with van der Waals surface area (Å²) < 4.78 is 13.2. The van der Waals surface area contributed by atoms with Gasteiger partial charge in [0, 0.05) is 18.0 Å². The van der Waals surface area contributed by atoms with E-state index in [0.717, 1.165) is 24.8 Å². The highest BCUT2D eigenvalue weighted by Gasteiger charge is 2.41. The molecule has 1 aliphatic carbocycles. The van der Waals surface area contributed by atoms with Gasteiger partial charge in [-0.15, -0.1) is 11.6 Å². The first-order chi connectivity index (χ1) is 8.54. The van der Waals surface area contributed by atoms with E-state index in [1.807, 2.05) is 0 Å². The van der Waals surface area contributed by atoms with Crippen molar-refractivity contribution >= 4 is 17.5 Å². The van der Waals surface area contributed by atoms with Gasteiger partial charge in [-0.2, -0.15) is 0 Å². The Balaban J connectivity index is 1.95. The average molecular weight is 270 g/mol. The number of nitrogens with one attached hydrogen (secondary N) is 1. The Kier molecular flexibility index (Phi) is 3.91. The number of amides is 1. The number of benzene rings is 1. The van der Waals surface area contributed by atoms with Crippen LogP contribution in [0.5, 0.6) is 0 Å². The molecule has 1 aromatic carbocycles. The van der Waals surface area contributed by atoms with Crippen LogP contribution in [0.3, 0.4) is 0 Å². The summed E-state index contributed by atoms with van der Waals surface area (Å²) in [6.45, 7) is 2.41. The maximum Gasteiger partial charge on any atom is 0.251 e. The van der Waals surface area contributed by atoms with E-state index in [4.69, 9.17) is 11.6 Å². The minimum Gasteiger partial charge on any atom is -0.351 e. The number of rotatable bonds is 5. The molecule has 0 atom stereocenters. The van der Waals surface area contributed by atoms with Gasteiger partial charge in [0.05, 0.1) is 0 Å². The largest absolute Gasteiger partial charge is 0.351 e. The second-order valence-corrected chi connectivity index (χ2v) is 5.52. The number of aryl methyl sites for hydroxylation is 1. The molecule has 1 amide bonds. The fourth-order valence-electron chi connectivity index (χ4n) is 2.13. The molecule has 0 heterocycles. The third-order valence-corrected chi connectivity index (χ3v) is 3.70. The number of hydrogen-bond acceptors (Lipinski definition) is 1. The molecule has 0 bridgehead atoms. The summed E-state index contributed by atoms with van der Waals surface area (Å²) in [6.07, 6.45) is 3.15. The molecular formula is C14H17ClFNO. The SMILES string of the molecule is Cc1cc(F)cc(C(=O)NCC2(CCCl)CC2)c1. The van der Waals surface area contributed by atoms with E-state index in [-0.39, 0.29) is 17.1 Å². The molecule has 0 spiro atoms. The molecule has 0 radical (unpaired) electrons. The molecule has 0 saturated heterocycles. The van der Waals surface area contributed by atoms with E-state index < -0.39 is 0 Å². The predicted molar refractivity (Wildman–Crippen MR) is 70.5 cm³/mol. The zero-order chi connectivity index (χ0) is 13.2. The first-order valence-corrected chi connectivity index (χ1v) is 6.69. The highest BCUT2D eigenvalue weighted by atomic mass is 35.5.